The van der Waals surface area contributed by atoms with Crippen molar-refractivity contribution < 1.29 is 24.4 Å². The Bertz CT molecular complexity index is 1340. The fourth-order valence-corrected chi connectivity index (χ4v) is 6.92. The summed E-state index contributed by atoms with van der Waals surface area (Å²) in [6.07, 6.45) is 6.06. The number of aromatic nitrogens is 1. The van der Waals surface area contributed by atoms with E-state index < -0.39 is 19.1 Å². The molecule has 2 amide bonds. The van der Waals surface area contributed by atoms with Gasteiger partial charge in [0.2, 0.25) is 11.8 Å². The Morgan fingerprint density at radius 3 is 2.70 bits per heavy atom. The first-order chi connectivity index (χ1) is 19.2. The highest BCUT2D eigenvalue weighted by Gasteiger charge is 2.57. The van der Waals surface area contributed by atoms with Gasteiger partial charge < -0.3 is 14.8 Å². The fourth-order valence-electron chi connectivity index (χ4n) is 6.69. The number of amides is 2. The fraction of sp³-hybridized carbons (Fsp3) is 0.452. The van der Waals surface area contributed by atoms with Gasteiger partial charge in [-0.1, -0.05) is 44.0 Å². The average Bonchev–Trinajstić information content (AvgIpc) is 3.16. The number of carbonyl (C=O) groups is 2. The average molecular weight is 563 g/mol. The van der Waals surface area contributed by atoms with E-state index >= 15 is 0 Å². The number of nitrogens with zero attached hydrogens (tertiary/aromatic N) is 2. The zero-order valence-corrected chi connectivity index (χ0v) is 24.0. The van der Waals surface area contributed by atoms with E-state index in [1.54, 1.807) is 18.3 Å². The number of phenols is 1. The van der Waals surface area contributed by atoms with Crippen molar-refractivity contribution in [1.29, 1.82) is 0 Å². The van der Waals surface area contributed by atoms with Crippen molar-refractivity contribution in [2.24, 2.45) is 23.7 Å². The lowest BCUT2D eigenvalue weighted by molar-refractivity contribution is -0.140. The highest BCUT2D eigenvalue weighted by Crippen LogP contribution is 2.52. The van der Waals surface area contributed by atoms with E-state index in [0.717, 1.165) is 28.8 Å². The van der Waals surface area contributed by atoms with E-state index in [4.69, 9.17) is 16.3 Å². The summed E-state index contributed by atoms with van der Waals surface area (Å²) in [4.78, 5) is 32.8. The normalized spacial score (nSPS) is 25.1. The van der Waals surface area contributed by atoms with Gasteiger partial charge in [-0.25, -0.2) is 0 Å². The van der Waals surface area contributed by atoms with Crippen LogP contribution in [-0.2, 0) is 14.2 Å². The van der Waals surface area contributed by atoms with E-state index in [2.05, 4.69) is 18.8 Å². The zero-order valence-electron chi connectivity index (χ0n) is 23.2. The number of benzene rings is 1. The number of carbonyl (C=O) groups excluding carboxylic acids is 2. The molecule has 9 heteroatoms. The number of pyridine rings is 1. The second kappa shape index (κ2) is 11.9. The summed E-state index contributed by atoms with van der Waals surface area (Å²) in [5.41, 5.74) is 4.76. The predicted molar refractivity (Wildman–Crippen MR) is 156 cm³/mol. The predicted octanol–water partition coefficient (Wildman–Crippen LogP) is 5.62. The number of phenolic OH excluding ortho intramolecular Hbond substituents is 1. The third kappa shape index (κ3) is 5.49. The lowest BCUT2D eigenvalue weighted by atomic mass is 9.57. The summed E-state index contributed by atoms with van der Waals surface area (Å²) in [5.74, 6) is -0.931. The third-order valence-electron chi connectivity index (χ3n) is 8.46. The lowest BCUT2D eigenvalue weighted by Gasteiger charge is -2.44. The first kappa shape index (κ1) is 28.6. The summed E-state index contributed by atoms with van der Waals surface area (Å²) in [5, 5.41) is 21.1. The van der Waals surface area contributed by atoms with Gasteiger partial charge >= 0.3 is 7.12 Å². The van der Waals surface area contributed by atoms with Gasteiger partial charge in [-0.15, -0.1) is 0 Å². The number of likely N-dealkylation sites (tertiary alicyclic amines) is 1. The number of hydrogen-bond acceptors (Lipinski definition) is 6. The Kier molecular flexibility index (Phi) is 8.50. The maximum atomic E-state index is 13.5. The highest BCUT2D eigenvalue weighted by molar-refractivity contribution is 6.43. The van der Waals surface area contributed by atoms with E-state index in [-0.39, 0.29) is 35.3 Å². The maximum absolute atomic E-state index is 13.5. The molecule has 3 heterocycles. The maximum Gasteiger partial charge on any atom is 0.455 e. The molecule has 1 aliphatic carbocycles. The Hall–Kier alpha value is -2.94. The van der Waals surface area contributed by atoms with Crippen LogP contribution < -0.4 is 0 Å². The van der Waals surface area contributed by atoms with Crippen LogP contribution in [0.25, 0.3) is 11.6 Å². The van der Waals surface area contributed by atoms with E-state index in [9.17, 15) is 19.7 Å². The van der Waals surface area contributed by atoms with Crippen LogP contribution in [0.3, 0.4) is 0 Å². The van der Waals surface area contributed by atoms with Crippen LogP contribution in [0.1, 0.15) is 57.7 Å². The molecule has 0 saturated carbocycles. The van der Waals surface area contributed by atoms with Crippen LogP contribution in [0.4, 0.5) is 0 Å². The summed E-state index contributed by atoms with van der Waals surface area (Å²) in [6, 6.07) is 10.6. The number of rotatable bonds is 8. The minimum absolute atomic E-state index is 0.0715. The Balaban J connectivity index is 1.49. The van der Waals surface area contributed by atoms with Crippen molar-refractivity contribution in [3.05, 3.63) is 70.0 Å². The van der Waals surface area contributed by atoms with Crippen molar-refractivity contribution in [2.75, 3.05) is 6.54 Å². The minimum Gasteiger partial charge on any atom is -0.508 e. The second-order valence-electron chi connectivity index (χ2n) is 11.4. The molecule has 0 radical (unpaired) electrons. The van der Waals surface area contributed by atoms with Crippen LogP contribution >= 0.6 is 11.6 Å². The molecule has 1 aromatic carbocycles. The van der Waals surface area contributed by atoms with Crippen molar-refractivity contribution in [3.8, 4) is 5.75 Å². The van der Waals surface area contributed by atoms with Crippen molar-refractivity contribution in [2.45, 2.75) is 58.9 Å². The van der Waals surface area contributed by atoms with Crippen LogP contribution in [0, 0.1) is 23.7 Å². The minimum atomic E-state index is -1.01. The van der Waals surface area contributed by atoms with Gasteiger partial charge in [-0.05, 0) is 97.0 Å². The van der Waals surface area contributed by atoms with Crippen molar-refractivity contribution >= 4 is 42.2 Å². The molecule has 2 aromatic rings. The zero-order chi connectivity index (χ0) is 28.6. The molecule has 2 aliphatic heterocycles. The number of hydrogen-bond donors (Lipinski definition) is 2. The summed E-state index contributed by atoms with van der Waals surface area (Å²) >= 11 is 6.43. The van der Waals surface area contributed by atoms with Crippen molar-refractivity contribution in [3.63, 3.8) is 0 Å². The molecule has 210 valence electrons. The molecular formula is C31H36BClN2O5. The standard InChI is InChI=1S/C31H36BClN2O5/c1-4-13-35-30(37)23-16-22(18(2)3)28-24(29(23)31(35)38)17-32(39)40-27(28)11-9-20(26-7-5-6-12-34-26)14-19-8-10-21(36)15-25(19)33/h5-8,10,12,14-15,18,23-24,27,29,36,39H,4,9,11,13,16-17H2,1-3H3/b20-14-/t23-,24+,27-,29-/m1/s1. The highest BCUT2D eigenvalue weighted by atomic mass is 35.5. The Labute approximate surface area is 241 Å². The van der Waals surface area contributed by atoms with Gasteiger partial charge in [0.05, 0.1) is 28.7 Å². The van der Waals surface area contributed by atoms with E-state index in [1.165, 1.54) is 16.5 Å². The first-order valence-corrected chi connectivity index (χ1v) is 14.6. The van der Waals surface area contributed by atoms with E-state index in [0.29, 0.717) is 37.2 Å². The molecule has 5 rings (SSSR count). The van der Waals surface area contributed by atoms with Gasteiger partial charge in [0.1, 0.15) is 5.75 Å². The second-order valence-corrected chi connectivity index (χ2v) is 11.8. The molecule has 1 aromatic heterocycles. The quantitative estimate of drug-likeness (QED) is 0.246. The molecule has 2 fully saturated rings. The smallest absolute Gasteiger partial charge is 0.455 e. The summed E-state index contributed by atoms with van der Waals surface area (Å²) in [6.45, 7) is 6.65. The Morgan fingerprint density at radius 2 is 2.02 bits per heavy atom. The summed E-state index contributed by atoms with van der Waals surface area (Å²) in [7, 11) is -1.01. The van der Waals surface area contributed by atoms with Crippen LogP contribution in [0.2, 0.25) is 11.3 Å². The molecule has 4 atom stereocenters. The molecule has 0 spiro atoms. The number of imide groups is 1. The third-order valence-corrected chi connectivity index (χ3v) is 8.79. The van der Waals surface area contributed by atoms with Gasteiger partial charge in [0.25, 0.3) is 0 Å². The Morgan fingerprint density at radius 1 is 1.23 bits per heavy atom. The van der Waals surface area contributed by atoms with E-state index in [1.807, 2.05) is 31.2 Å². The molecule has 0 bridgehead atoms. The number of aromatic hydroxyl groups is 1. The molecule has 0 unspecified atom stereocenters. The van der Waals surface area contributed by atoms with Crippen LogP contribution in [0.5, 0.6) is 5.75 Å². The van der Waals surface area contributed by atoms with Crippen molar-refractivity contribution in [1.82, 2.24) is 9.88 Å². The van der Waals surface area contributed by atoms with Crippen LogP contribution in [0.15, 0.2) is 53.7 Å². The largest absolute Gasteiger partial charge is 0.508 e. The number of halogens is 1. The number of allylic oxidation sites excluding steroid dienone is 2. The first-order valence-electron chi connectivity index (χ1n) is 14.2. The monoisotopic (exact) mass is 562 g/mol. The molecule has 2 N–H and O–H groups in total. The summed E-state index contributed by atoms with van der Waals surface area (Å²) < 4.78 is 6.18. The van der Waals surface area contributed by atoms with Gasteiger partial charge in [0.15, 0.2) is 0 Å². The SMILES string of the molecule is CCCN1C(=O)[C@@H]2[C@@H](CC(C(C)C)=C3[C@@H](CC/C(=C/c4ccc(O)cc4Cl)c4ccccn4)OB(O)C[C@@H]32)C1=O. The molecular weight excluding hydrogens is 527 g/mol. The topological polar surface area (TPSA) is 100.0 Å². The lowest BCUT2D eigenvalue weighted by Crippen LogP contribution is -2.46. The van der Waals surface area contributed by atoms with Gasteiger partial charge in [0, 0.05) is 12.7 Å². The van der Waals surface area contributed by atoms with Gasteiger partial charge in [-0.2, -0.15) is 0 Å². The molecule has 7 nitrogen and oxygen atoms in total. The molecule has 3 aliphatic rings. The molecule has 40 heavy (non-hydrogen) atoms. The molecule has 2 saturated heterocycles. The number of fused-ring (bicyclic) bond motifs is 3. The van der Waals surface area contributed by atoms with Crippen LogP contribution in [-0.4, -0.2) is 51.6 Å². The van der Waals surface area contributed by atoms with Gasteiger partial charge in [-0.3, -0.25) is 19.5 Å².